The van der Waals surface area contributed by atoms with E-state index in [0.29, 0.717) is 13.3 Å². The van der Waals surface area contributed by atoms with Crippen LogP contribution >= 0.6 is 0 Å². The van der Waals surface area contributed by atoms with E-state index in [4.69, 9.17) is 14.5 Å². The summed E-state index contributed by atoms with van der Waals surface area (Å²) in [6, 6.07) is 14.6. The molecule has 2 aliphatic rings. The van der Waals surface area contributed by atoms with Crippen molar-refractivity contribution in [3.63, 3.8) is 0 Å². The van der Waals surface area contributed by atoms with Gasteiger partial charge in [-0.1, -0.05) is 18.2 Å². The second-order valence-corrected chi connectivity index (χ2v) is 7.54. The summed E-state index contributed by atoms with van der Waals surface area (Å²) in [5.74, 6) is 3.75. The second kappa shape index (κ2) is 7.33. The van der Waals surface area contributed by atoms with Gasteiger partial charge in [-0.2, -0.15) is 0 Å². The third-order valence-corrected chi connectivity index (χ3v) is 5.40. The van der Waals surface area contributed by atoms with Gasteiger partial charge in [0.15, 0.2) is 11.5 Å². The summed E-state index contributed by atoms with van der Waals surface area (Å²) in [6.07, 6.45) is 0. The van der Waals surface area contributed by atoms with Crippen molar-refractivity contribution in [1.29, 1.82) is 0 Å². The van der Waals surface area contributed by atoms with E-state index in [1.54, 1.807) is 0 Å². The number of hydrogen-bond donors (Lipinski definition) is 2. The first-order valence-corrected chi connectivity index (χ1v) is 9.89. The Morgan fingerprint density at radius 2 is 1.93 bits per heavy atom. The maximum atomic E-state index is 5.51. The third kappa shape index (κ3) is 3.38. The molecular weight excluding hydrogens is 366 g/mol. The number of anilines is 2. The molecule has 7 nitrogen and oxygen atoms in total. The van der Waals surface area contributed by atoms with E-state index in [-0.39, 0.29) is 0 Å². The van der Waals surface area contributed by atoms with Crippen LogP contribution < -0.4 is 25.0 Å². The number of aromatic nitrogens is 2. The molecule has 2 aliphatic heterocycles. The van der Waals surface area contributed by atoms with Crippen LogP contribution in [0.15, 0.2) is 42.5 Å². The normalized spacial score (nSPS) is 14.6. The van der Waals surface area contributed by atoms with Gasteiger partial charge in [0.2, 0.25) is 6.79 Å². The minimum absolute atomic E-state index is 0.294. The average molecular weight is 391 g/mol. The molecule has 0 atom stereocenters. The molecule has 150 valence electrons. The Morgan fingerprint density at radius 1 is 1.10 bits per heavy atom. The average Bonchev–Trinajstić information content (AvgIpc) is 3.36. The zero-order valence-electron chi connectivity index (χ0n) is 16.7. The summed E-state index contributed by atoms with van der Waals surface area (Å²) >= 11 is 0. The van der Waals surface area contributed by atoms with Crippen LogP contribution in [0.1, 0.15) is 11.4 Å². The van der Waals surface area contributed by atoms with Crippen molar-refractivity contribution >= 4 is 11.5 Å². The van der Waals surface area contributed by atoms with Crippen molar-refractivity contribution in [2.75, 3.05) is 37.6 Å². The van der Waals surface area contributed by atoms with E-state index >= 15 is 0 Å². The number of nitrogens with one attached hydrogen (secondary N) is 2. The predicted molar refractivity (Wildman–Crippen MR) is 114 cm³/mol. The highest BCUT2D eigenvalue weighted by Gasteiger charge is 2.21. The van der Waals surface area contributed by atoms with Crippen LogP contribution in [-0.4, -0.2) is 37.0 Å². The van der Waals surface area contributed by atoms with E-state index in [2.05, 4.69) is 50.4 Å². The van der Waals surface area contributed by atoms with Crippen LogP contribution in [-0.2, 0) is 19.6 Å². The fraction of sp³-hybridized carbons (Fsp3) is 0.318. The standard InChI is InChI=1S/C22H25N5O2/c1-26(2)17-6-4-16(5-7-17)21-22(27-10-9-23-13-20(27)25-21)24-12-15-3-8-18-19(11-15)29-14-28-18/h3-8,11,23-24H,9-10,12-14H2,1-2H3. The number of imidazole rings is 1. The first kappa shape index (κ1) is 17.9. The van der Waals surface area contributed by atoms with Crippen molar-refractivity contribution in [3.8, 4) is 22.8 Å². The molecule has 2 aromatic carbocycles. The molecule has 0 spiro atoms. The SMILES string of the molecule is CN(C)c1ccc(-c2nc3n(c2NCc2ccc4c(c2)OCO4)CCNC3)cc1. The molecule has 7 heteroatoms. The van der Waals surface area contributed by atoms with Crippen molar-refractivity contribution in [1.82, 2.24) is 14.9 Å². The van der Waals surface area contributed by atoms with E-state index in [9.17, 15) is 0 Å². The molecule has 0 unspecified atom stereocenters. The molecule has 29 heavy (non-hydrogen) atoms. The van der Waals surface area contributed by atoms with Gasteiger partial charge in [0.05, 0.1) is 6.54 Å². The number of rotatable bonds is 5. The minimum Gasteiger partial charge on any atom is -0.454 e. The fourth-order valence-electron chi connectivity index (χ4n) is 3.80. The smallest absolute Gasteiger partial charge is 0.231 e. The van der Waals surface area contributed by atoms with Gasteiger partial charge in [0.25, 0.3) is 0 Å². The molecule has 1 aromatic heterocycles. The van der Waals surface area contributed by atoms with Gasteiger partial charge in [-0.25, -0.2) is 4.98 Å². The molecule has 0 aliphatic carbocycles. The van der Waals surface area contributed by atoms with Crippen molar-refractivity contribution < 1.29 is 9.47 Å². The van der Waals surface area contributed by atoms with Crippen LogP contribution in [0.4, 0.5) is 11.5 Å². The molecule has 2 N–H and O–H groups in total. The fourth-order valence-corrected chi connectivity index (χ4v) is 3.80. The van der Waals surface area contributed by atoms with Crippen LogP contribution in [0.25, 0.3) is 11.3 Å². The highest BCUT2D eigenvalue weighted by molar-refractivity contribution is 5.74. The van der Waals surface area contributed by atoms with Crippen molar-refractivity contribution in [2.45, 2.75) is 19.6 Å². The highest BCUT2D eigenvalue weighted by Crippen LogP contribution is 2.34. The second-order valence-electron chi connectivity index (χ2n) is 7.54. The van der Waals surface area contributed by atoms with Crippen molar-refractivity contribution in [3.05, 3.63) is 53.9 Å². The highest BCUT2D eigenvalue weighted by atomic mass is 16.7. The van der Waals surface area contributed by atoms with E-state index in [1.165, 1.54) is 5.69 Å². The molecule has 0 saturated carbocycles. The van der Waals surface area contributed by atoms with Crippen LogP contribution in [0.5, 0.6) is 11.5 Å². The lowest BCUT2D eigenvalue weighted by Crippen LogP contribution is -2.28. The largest absolute Gasteiger partial charge is 0.454 e. The zero-order valence-corrected chi connectivity index (χ0v) is 16.7. The number of fused-ring (bicyclic) bond motifs is 2. The molecule has 0 fully saturated rings. The maximum absolute atomic E-state index is 5.51. The lowest BCUT2D eigenvalue weighted by Gasteiger charge is -2.18. The first-order chi connectivity index (χ1) is 14.2. The number of nitrogens with zero attached hydrogens (tertiary/aromatic N) is 3. The van der Waals surface area contributed by atoms with Crippen LogP contribution in [0, 0.1) is 0 Å². The van der Waals surface area contributed by atoms with E-state index in [1.807, 2.05) is 26.2 Å². The minimum atomic E-state index is 0.294. The van der Waals surface area contributed by atoms with Gasteiger partial charge < -0.3 is 29.6 Å². The third-order valence-electron chi connectivity index (χ3n) is 5.40. The monoisotopic (exact) mass is 391 g/mol. The van der Waals surface area contributed by atoms with E-state index in [0.717, 1.165) is 59.6 Å². The van der Waals surface area contributed by atoms with Gasteiger partial charge in [-0.3, -0.25) is 0 Å². The lowest BCUT2D eigenvalue weighted by molar-refractivity contribution is 0.174. The Morgan fingerprint density at radius 3 is 2.76 bits per heavy atom. The molecule has 0 radical (unpaired) electrons. The van der Waals surface area contributed by atoms with E-state index < -0.39 is 0 Å². The molecular formula is C22H25N5O2. The Labute approximate surface area is 170 Å². The van der Waals surface area contributed by atoms with Crippen molar-refractivity contribution in [2.24, 2.45) is 0 Å². The first-order valence-electron chi connectivity index (χ1n) is 9.89. The predicted octanol–water partition coefficient (Wildman–Crippen LogP) is 3.06. The van der Waals surface area contributed by atoms with Gasteiger partial charge in [0, 0.05) is 45.0 Å². The number of ether oxygens (including phenoxy) is 2. The van der Waals surface area contributed by atoms with Gasteiger partial charge in [0.1, 0.15) is 17.3 Å². The van der Waals surface area contributed by atoms with Gasteiger partial charge in [-0.15, -0.1) is 0 Å². The molecule has 5 rings (SSSR count). The summed E-state index contributed by atoms with van der Waals surface area (Å²) in [5.41, 5.74) is 4.43. The molecule has 3 aromatic rings. The Kier molecular flexibility index (Phi) is 4.52. The molecule has 3 heterocycles. The summed E-state index contributed by atoms with van der Waals surface area (Å²) in [6.45, 7) is 3.62. The summed E-state index contributed by atoms with van der Waals surface area (Å²) in [7, 11) is 4.10. The molecule has 0 saturated heterocycles. The number of benzene rings is 2. The van der Waals surface area contributed by atoms with Gasteiger partial charge in [-0.05, 0) is 29.8 Å². The summed E-state index contributed by atoms with van der Waals surface area (Å²) in [4.78, 5) is 7.05. The topological polar surface area (TPSA) is 63.6 Å². The Hall–Kier alpha value is -3.19. The summed E-state index contributed by atoms with van der Waals surface area (Å²) < 4.78 is 13.2. The summed E-state index contributed by atoms with van der Waals surface area (Å²) in [5, 5.41) is 7.04. The molecule has 0 amide bonds. The maximum Gasteiger partial charge on any atom is 0.231 e. The molecule has 0 bridgehead atoms. The Balaban J connectivity index is 1.45. The Bertz CT molecular complexity index is 1030. The van der Waals surface area contributed by atoms with Gasteiger partial charge >= 0.3 is 0 Å². The van der Waals surface area contributed by atoms with Crippen LogP contribution in [0.3, 0.4) is 0 Å². The quantitative estimate of drug-likeness (QED) is 0.697. The number of hydrogen-bond acceptors (Lipinski definition) is 6. The lowest BCUT2D eigenvalue weighted by atomic mass is 10.1. The zero-order chi connectivity index (χ0) is 19.8. The van der Waals surface area contributed by atoms with Crippen LogP contribution in [0.2, 0.25) is 0 Å².